The number of anilines is 1. The number of hydrogen-bond acceptors (Lipinski definition) is 5. The van der Waals surface area contributed by atoms with E-state index >= 15 is 0 Å². The van der Waals surface area contributed by atoms with Crippen molar-refractivity contribution < 1.29 is 0 Å². The lowest BCUT2D eigenvalue weighted by molar-refractivity contribution is 0.832. The van der Waals surface area contributed by atoms with Crippen molar-refractivity contribution in [3.05, 3.63) is 31.0 Å². The molecule has 3 heterocycles. The third-order valence-electron chi connectivity index (χ3n) is 3.24. The molecular weight excluding hydrogens is 242 g/mol. The highest BCUT2D eigenvalue weighted by Gasteiger charge is 2.23. The molecule has 0 radical (unpaired) electrons. The van der Waals surface area contributed by atoms with Crippen molar-refractivity contribution in [1.29, 1.82) is 0 Å². The third kappa shape index (κ3) is 1.70. The van der Waals surface area contributed by atoms with Crippen LogP contribution in [0, 0.1) is 0 Å². The van der Waals surface area contributed by atoms with E-state index in [0.717, 1.165) is 22.7 Å². The summed E-state index contributed by atoms with van der Waals surface area (Å²) in [6.45, 7) is 0. The molecule has 3 aromatic heterocycles. The topological polar surface area (TPSA) is 86.1 Å². The number of imidazole rings is 1. The molecule has 7 nitrogen and oxygen atoms in total. The van der Waals surface area contributed by atoms with Gasteiger partial charge in [-0.25, -0.2) is 9.97 Å². The van der Waals surface area contributed by atoms with Crippen molar-refractivity contribution in [2.24, 2.45) is 0 Å². The quantitative estimate of drug-likeness (QED) is 0.678. The average molecular weight is 255 g/mol. The third-order valence-corrected chi connectivity index (χ3v) is 3.24. The molecule has 1 aliphatic carbocycles. The van der Waals surface area contributed by atoms with Crippen LogP contribution in [0.3, 0.4) is 0 Å². The van der Waals surface area contributed by atoms with E-state index in [1.807, 2.05) is 16.8 Å². The highest BCUT2D eigenvalue weighted by Crippen LogP contribution is 2.27. The molecule has 19 heavy (non-hydrogen) atoms. The number of nitrogens with zero attached hydrogens (tertiary/aromatic N) is 5. The number of nitrogens with two attached hydrogens (primary N) is 1. The van der Waals surface area contributed by atoms with Crippen molar-refractivity contribution in [3.63, 3.8) is 0 Å². The second-order valence-corrected chi connectivity index (χ2v) is 4.74. The van der Waals surface area contributed by atoms with Crippen molar-refractivity contribution in [2.45, 2.75) is 18.9 Å². The van der Waals surface area contributed by atoms with Crippen LogP contribution in [0.25, 0.3) is 16.9 Å². The first-order chi connectivity index (χ1) is 9.31. The molecule has 0 aromatic carbocycles. The van der Waals surface area contributed by atoms with Crippen LogP contribution < -0.4 is 11.2 Å². The Bertz CT molecular complexity index is 737. The Morgan fingerprint density at radius 2 is 2.16 bits per heavy atom. The number of nitrogens with one attached hydrogen (secondary N) is 1. The molecule has 0 spiro atoms. The van der Waals surface area contributed by atoms with E-state index in [-0.39, 0.29) is 0 Å². The summed E-state index contributed by atoms with van der Waals surface area (Å²) >= 11 is 0. The molecule has 0 saturated heterocycles. The van der Waals surface area contributed by atoms with Crippen LogP contribution in [0.2, 0.25) is 0 Å². The van der Waals surface area contributed by atoms with Gasteiger partial charge < -0.3 is 11.2 Å². The Kier molecular flexibility index (Phi) is 2.02. The summed E-state index contributed by atoms with van der Waals surface area (Å²) in [7, 11) is 0. The molecule has 3 aromatic rings. The lowest BCUT2D eigenvalue weighted by Gasteiger charge is -2.05. The lowest BCUT2D eigenvalue weighted by atomic mass is 10.3. The van der Waals surface area contributed by atoms with Crippen LogP contribution in [-0.2, 0) is 0 Å². The predicted molar refractivity (Wildman–Crippen MR) is 71.0 cm³/mol. The highest BCUT2D eigenvalue weighted by atomic mass is 15.5. The predicted octanol–water partition coefficient (Wildman–Crippen LogP) is 0.881. The summed E-state index contributed by atoms with van der Waals surface area (Å²) in [5, 5.41) is 7.37. The molecule has 7 heteroatoms. The van der Waals surface area contributed by atoms with Gasteiger partial charge in [0, 0.05) is 24.0 Å². The van der Waals surface area contributed by atoms with Crippen LogP contribution in [0.1, 0.15) is 12.8 Å². The van der Waals surface area contributed by atoms with Gasteiger partial charge >= 0.3 is 0 Å². The van der Waals surface area contributed by atoms with Gasteiger partial charge in [0.15, 0.2) is 11.5 Å². The number of aromatic nitrogens is 5. The first-order valence-corrected chi connectivity index (χ1v) is 6.20. The maximum Gasteiger partial charge on any atom is 0.180 e. The molecule has 0 unspecified atom stereocenters. The maximum absolute atomic E-state index is 5.58. The fourth-order valence-corrected chi connectivity index (χ4v) is 2.13. The van der Waals surface area contributed by atoms with E-state index in [0.29, 0.717) is 6.04 Å². The first kappa shape index (κ1) is 10.4. The SMILES string of the molecule is Nn1cc(-c2cnc3c(NC4CC4)nccn23)cn1. The molecular formula is C12H13N7. The number of fused-ring (bicyclic) bond motifs is 1. The van der Waals surface area contributed by atoms with E-state index in [2.05, 4.69) is 20.4 Å². The van der Waals surface area contributed by atoms with Crippen molar-refractivity contribution >= 4 is 11.5 Å². The van der Waals surface area contributed by atoms with E-state index < -0.39 is 0 Å². The summed E-state index contributed by atoms with van der Waals surface area (Å²) in [4.78, 5) is 10.1. The van der Waals surface area contributed by atoms with Gasteiger partial charge in [0.25, 0.3) is 0 Å². The first-order valence-electron chi connectivity index (χ1n) is 6.20. The van der Waals surface area contributed by atoms with Crippen LogP contribution >= 0.6 is 0 Å². The van der Waals surface area contributed by atoms with Crippen molar-refractivity contribution in [1.82, 2.24) is 24.3 Å². The second kappa shape index (κ2) is 3.71. The van der Waals surface area contributed by atoms with Crippen molar-refractivity contribution in [2.75, 3.05) is 11.2 Å². The van der Waals surface area contributed by atoms with Gasteiger partial charge in [-0.2, -0.15) is 9.89 Å². The summed E-state index contributed by atoms with van der Waals surface area (Å²) in [6.07, 6.45) is 11.4. The summed E-state index contributed by atoms with van der Waals surface area (Å²) < 4.78 is 1.99. The molecule has 96 valence electrons. The van der Waals surface area contributed by atoms with Gasteiger partial charge in [0.2, 0.25) is 0 Å². The fraction of sp³-hybridized carbons (Fsp3) is 0.250. The standard InChI is InChI=1S/C12H13N7/c13-19-7-8(5-16-19)10-6-15-12-11(17-9-1-2-9)14-3-4-18(10)12/h3-7,9H,1-2,13H2,(H,14,17). The highest BCUT2D eigenvalue weighted by molar-refractivity contribution is 5.70. The Hall–Kier alpha value is -2.57. The summed E-state index contributed by atoms with van der Waals surface area (Å²) in [5.41, 5.74) is 2.71. The van der Waals surface area contributed by atoms with Crippen LogP contribution in [0.4, 0.5) is 5.82 Å². The molecule has 1 fully saturated rings. The Morgan fingerprint density at radius 1 is 1.26 bits per heavy atom. The largest absolute Gasteiger partial charge is 0.364 e. The van der Waals surface area contributed by atoms with Gasteiger partial charge in [-0.05, 0) is 12.8 Å². The molecule has 3 N–H and O–H groups in total. The number of nitrogen functional groups attached to an aromatic ring is 1. The minimum absolute atomic E-state index is 0.547. The average Bonchev–Trinajstić information content (AvgIpc) is 2.95. The van der Waals surface area contributed by atoms with E-state index in [1.165, 1.54) is 17.6 Å². The zero-order valence-corrected chi connectivity index (χ0v) is 10.2. The zero-order chi connectivity index (χ0) is 12.8. The van der Waals surface area contributed by atoms with Crippen LogP contribution in [-0.4, -0.2) is 30.3 Å². The second-order valence-electron chi connectivity index (χ2n) is 4.74. The normalized spacial score (nSPS) is 14.9. The van der Waals surface area contributed by atoms with Gasteiger partial charge in [0.1, 0.15) is 0 Å². The Balaban J connectivity index is 1.84. The zero-order valence-electron chi connectivity index (χ0n) is 10.2. The Morgan fingerprint density at radius 3 is 2.89 bits per heavy atom. The van der Waals surface area contributed by atoms with E-state index in [9.17, 15) is 0 Å². The van der Waals surface area contributed by atoms with Gasteiger partial charge in [0.05, 0.1) is 24.3 Å². The fourth-order valence-electron chi connectivity index (χ4n) is 2.13. The molecule has 0 bridgehead atoms. The Labute approximate surface area is 109 Å². The van der Waals surface area contributed by atoms with Gasteiger partial charge in [-0.15, -0.1) is 0 Å². The molecule has 1 saturated carbocycles. The van der Waals surface area contributed by atoms with Crippen LogP contribution in [0.5, 0.6) is 0 Å². The lowest BCUT2D eigenvalue weighted by Crippen LogP contribution is -2.07. The number of hydrogen-bond donors (Lipinski definition) is 2. The summed E-state index contributed by atoms with van der Waals surface area (Å²) in [6, 6.07) is 0.547. The van der Waals surface area contributed by atoms with E-state index in [4.69, 9.17) is 5.84 Å². The van der Waals surface area contributed by atoms with Crippen LogP contribution in [0.15, 0.2) is 31.0 Å². The minimum atomic E-state index is 0.547. The molecule has 0 amide bonds. The maximum atomic E-state index is 5.58. The number of rotatable bonds is 3. The summed E-state index contributed by atoms with van der Waals surface area (Å²) in [5.74, 6) is 6.41. The molecule has 1 aliphatic rings. The molecule has 0 aliphatic heterocycles. The van der Waals surface area contributed by atoms with Gasteiger partial charge in [-0.3, -0.25) is 4.40 Å². The minimum Gasteiger partial charge on any atom is -0.364 e. The van der Waals surface area contributed by atoms with Gasteiger partial charge in [-0.1, -0.05) is 0 Å². The van der Waals surface area contributed by atoms with E-state index in [1.54, 1.807) is 18.6 Å². The molecule has 0 atom stereocenters. The van der Waals surface area contributed by atoms with Crippen molar-refractivity contribution in [3.8, 4) is 11.3 Å². The monoisotopic (exact) mass is 255 g/mol. The smallest absolute Gasteiger partial charge is 0.180 e. The molecule has 4 rings (SSSR count).